The lowest BCUT2D eigenvalue weighted by atomic mass is 9.96. The summed E-state index contributed by atoms with van der Waals surface area (Å²) in [6.07, 6.45) is -0.179. The van der Waals surface area contributed by atoms with Crippen molar-refractivity contribution in [3.05, 3.63) is 71.3 Å². The highest BCUT2D eigenvalue weighted by molar-refractivity contribution is 8.13. The lowest BCUT2D eigenvalue weighted by Gasteiger charge is -2.19. The molecule has 0 saturated carbocycles. The number of benzene rings is 2. The summed E-state index contributed by atoms with van der Waals surface area (Å²) in [7, 11) is 3.38. The summed E-state index contributed by atoms with van der Waals surface area (Å²) in [5, 5.41) is 18.2. The van der Waals surface area contributed by atoms with E-state index in [2.05, 4.69) is 5.32 Å². The maximum absolute atomic E-state index is 12.9. The zero-order valence-corrected chi connectivity index (χ0v) is 21.8. The Hall–Kier alpha value is -3.59. The maximum Gasteiger partial charge on any atom is 0.217 e. The lowest BCUT2D eigenvalue weighted by molar-refractivity contribution is -0.125. The molecule has 0 aliphatic heterocycles. The summed E-state index contributed by atoms with van der Waals surface area (Å²) in [6.45, 7) is 3.02. The average molecular weight is 509 g/mol. The van der Waals surface area contributed by atoms with Gasteiger partial charge < -0.3 is 15.6 Å². The van der Waals surface area contributed by atoms with E-state index >= 15 is 0 Å². The highest BCUT2D eigenvalue weighted by atomic mass is 32.2. The first-order valence-corrected chi connectivity index (χ1v) is 12.4. The van der Waals surface area contributed by atoms with Gasteiger partial charge in [-0.25, -0.2) is 0 Å². The molecule has 0 spiro atoms. The van der Waals surface area contributed by atoms with Crippen molar-refractivity contribution in [3.8, 4) is 0 Å². The first kappa shape index (κ1) is 28.6. The van der Waals surface area contributed by atoms with Crippen LogP contribution in [-0.4, -0.2) is 64.9 Å². The van der Waals surface area contributed by atoms with Gasteiger partial charge in [0.2, 0.25) is 5.91 Å². The third-order valence-electron chi connectivity index (χ3n) is 5.51. The quantitative estimate of drug-likeness (QED) is 0.228. The van der Waals surface area contributed by atoms with Gasteiger partial charge in [-0.1, -0.05) is 67.2 Å². The summed E-state index contributed by atoms with van der Waals surface area (Å²) >= 11 is 0.934. The van der Waals surface area contributed by atoms with Crippen LogP contribution in [-0.2, 0) is 14.4 Å². The van der Waals surface area contributed by atoms with Gasteiger partial charge >= 0.3 is 0 Å². The van der Waals surface area contributed by atoms with E-state index in [9.17, 15) is 19.2 Å². The number of carbonyl (C=O) groups excluding carboxylic acids is 4. The van der Waals surface area contributed by atoms with Crippen molar-refractivity contribution in [2.75, 3.05) is 19.8 Å². The fraction of sp³-hybridized carbons (Fsp3) is 0.333. The van der Waals surface area contributed by atoms with E-state index in [1.165, 1.54) is 6.92 Å². The average Bonchev–Trinajstić information content (AvgIpc) is 2.85. The molecule has 2 atom stereocenters. The predicted molar refractivity (Wildman–Crippen MR) is 143 cm³/mol. The van der Waals surface area contributed by atoms with E-state index in [1.807, 2.05) is 6.07 Å². The minimum absolute atomic E-state index is 0.0304. The molecule has 0 aliphatic rings. The van der Waals surface area contributed by atoms with Crippen LogP contribution in [0.3, 0.4) is 0 Å². The molecule has 1 unspecified atom stereocenters. The smallest absolute Gasteiger partial charge is 0.217 e. The number of Topliss-reactive ketones (excluding diaryl/α,β-unsaturated/α-hetero) is 1. The van der Waals surface area contributed by atoms with Gasteiger partial charge in [-0.2, -0.15) is 0 Å². The molecule has 0 aromatic heterocycles. The molecule has 36 heavy (non-hydrogen) atoms. The van der Waals surface area contributed by atoms with Crippen molar-refractivity contribution < 1.29 is 19.2 Å². The Kier molecular flexibility index (Phi) is 10.7. The predicted octanol–water partition coefficient (Wildman–Crippen LogP) is 3.69. The number of nitrogens with one attached hydrogen (secondary N) is 3. The zero-order valence-electron chi connectivity index (χ0n) is 21.0. The van der Waals surface area contributed by atoms with Gasteiger partial charge in [0.15, 0.2) is 16.7 Å². The molecule has 0 bridgehead atoms. The monoisotopic (exact) mass is 508 g/mol. The van der Waals surface area contributed by atoms with Gasteiger partial charge in [0.25, 0.3) is 0 Å². The van der Waals surface area contributed by atoms with Crippen LogP contribution in [0.4, 0.5) is 0 Å². The van der Waals surface area contributed by atoms with Crippen molar-refractivity contribution in [2.24, 2.45) is 0 Å². The standard InChI is InChI=1S/C27H32N4O4S/c1-17(20-11-8-12-21(13-20)26(34)19-9-6-5-7-10-19)27(35)36-16-23(30-18(2)32)24(33)14-22(28)15-25(29)31(3)4/h5-13,17,23,28-29H,14-16H2,1-4H3,(H,30,32)/t17?,23-/m0/s1. The van der Waals surface area contributed by atoms with Crippen LogP contribution in [0.1, 0.15) is 54.1 Å². The van der Waals surface area contributed by atoms with Crippen LogP contribution in [0.2, 0.25) is 0 Å². The number of nitrogens with zero attached hydrogens (tertiary/aromatic N) is 1. The van der Waals surface area contributed by atoms with Gasteiger partial charge in [-0.3, -0.25) is 24.6 Å². The highest BCUT2D eigenvalue weighted by Gasteiger charge is 2.25. The summed E-state index contributed by atoms with van der Waals surface area (Å²) in [6, 6.07) is 14.9. The number of hydrogen-bond acceptors (Lipinski definition) is 7. The number of hydrogen-bond donors (Lipinski definition) is 3. The Morgan fingerprint density at radius 3 is 2.19 bits per heavy atom. The molecule has 0 saturated heterocycles. The second kappa shape index (κ2) is 13.5. The molecule has 1 amide bonds. The molecule has 3 N–H and O–H groups in total. The van der Waals surface area contributed by atoms with Gasteiger partial charge in [0.05, 0.1) is 12.0 Å². The zero-order chi connectivity index (χ0) is 26.8. The molecule has 0 fully saturated rings. The molecule has 2 aromatic carbocycles. The molecule has 2 aromatic rings. The summed E-state index contributed by atoms with van der Waals surface area (Å²) in [5.41, 5.74) is 1.79. The normalized spacial score (nSPS) is 12.2. The van der Waals surface area contributed by atoms with E-state index in [0.717, 1.165) is 11.8 Å². The molecule has 8 nitrogen and oxygen atoms in total. The lowest BCUT2D eigenvalue weighted by Crippen LogP contribution is -2.42. The minimum Gasteiger partial charge on any atom is -0.366 e. The van der Waals surface area contributed by atoms with Crippen LogP contribution in [0.25, 0.3) is 0 Å². The Labute approximate surface area is 215 Å². The Balaban J connectivity index is 2.04. The van der Waals surface area contributed by atoms with Crippen molar-refractivity contribution in [1.82, 2.24) is 10.2 Å². The van der Waals surface area contributed by atoms with Gasteiger partial charge in [-0.05, 0) is 11.6 Å². The molecular weight excluding hydrogens is 476 g/mol. The second-order valence-electron chi connectivity index (χ2n) is 8.69. The van der Waals surface area contributed by atoms with Crippen LogP contribution in [0, 0.1) is 10.8 Å². The van der Waals surface area contributed by atoms with Crippen LogP contribution >= 0.6 is 11.8 Å². The number of thioether (sulfide) groups is 1. The van der Waals surface area contributed by atoms with Crippen molar-refractivity contribution in [1.29, 1.82) is 10.8 Å². The van der Waals surface area contributed by atoms with Crippen LogP contribution in [0.15, 0.2) is 54.6 Å². The minimum atomic E-state index is -0.927. The number of ketones is 2. The first-order valence-electron chi connectivity index (χ1n) is 11.5. The second-order valence-corrected chi connectivity index (χ2v) is 9.71. The van der Waals surface area contributed by atoms with E-state index in [0.29, 0.717) is 16.7 Å². The number of rotatable bonds is 12. The van der Waals surface area contributed by atoms with E-state index < -0.39 is 17.9 Å². The Morgan fingerprint density at radius 1 is 0.944 bits per heavy atom. The fourth-order valence-electron chi connectivity index (χ4n) is 3.35. The van der Waals surface area contributed by atoms with Crippen LogP contribution in [0.5, 0.6) is 0 Å². The Bertz CT molecular complexity index is 1150. The molecule has 9 heteroatoms. The van der Waals surface area contributed by atoms with Crippen molar-refractivity contribution >= 4 is 45.9 Å². The molecule has 2 rings (SSSR count). The summed E-state index contributed by atoms with van der Waals surface area (Å²) < 4.78 is 0. The molecule has 0 heterocycles. The SMILES string of the molecule is CC(=O)N[C@@H](CSC(=O)C(C)c1cccc(C(=O)c2ccccc2)c1)C(=O)CC(=N)CC(=N)N(C)C. The third kappa shape index (κ3) is 8.57. The third-order valence-corrected chi connectivity index (χ3v) is 6.64. The van der Waals surface area contributed by atoms with Gasteiger partial charge in [0, 0.05) is 56.5 Å². The fourth-order valence-corrected chi connectivity index (χ4v) is 4.33. The molecule has 0 radical (unpaired) electrons. The van der Waals surface area contributed by atoms with E-state index in [-0.39, 0.29) is 46.8 Å². The highest BCUT2D eigenvalue weighted by Crippen LogP contribution is 2.25. The summed E-state index contributed by atoms with van der Waals surface area (Å²) in [5.74, 6) is -1.23. The largest absolute Gasteiger partial charge is 0.366 e. The molecular formula is C27H32N4O4S. The summed E-state index contributed by atoms with van der Waals surface area (Å²) in [4.78, 5) is 51.7. The Morgan fingerprint density at radius 2 is 1.58 bits per heavy atom. The first-order chi connectivity index (χ1) is 17.0. The van der Waals surface area contributed by atoms with E-state index in [4.69, 9.17) is 10.8 Å². The maximum atomic E-state index is 12.9. The molecule has 0 aliphatic carbocycles. The number of amidine groups is 1. The topological polar surface area (TPSA) is 131 Å². The number of amides is 1. The van der Waals surface area contributed by atoms with Crippen molar-refractivity contribution in [2.45, 2.75) is 38.6 Å². The number of carbonyl (C=O) groups is 4. The van der Waals surface area contributed by atoms with Crippen LogP contribution < -0.4 is 5.32 Å². The van der Waals surface area contributed by atoms with Gasteiger partial charge in [0.1, 0.15) is 5.84 Å². The van der Waals surface area contributed by atoms with Gasteiger partial charge in [-0.15, -0.1) is 0 Å². The molecule has 190 valence electrons. The van der Waals surface area contributed by atoms with E-state index in [1.54, 1.807) is 74.4 Å². The van der Waals surface area contributed by atoms with Crippen molar-refractivity contribution in [3.63, 3.8) is 0 Å².